The minimum Gasteiger partial charge on any atom is -0.495 e. The Kier molecular flexibility index (Phi) is 11.7. The average molecular weight is 706 g/mol. The monoisotopic (exact) mass is 704 g/mol. The number of rotatable bonds is 15. The minimum absolute atomic E-state index is 0.0132. The minimum atomic E-state index is -3.67. The lowest BCUT2D eigenvalue weighted by molar-refractivity contribution is -0.146. The van der Waals surface area contributed by atoms with Crippen molar-refractivity contribution >= 4 is 61.8 Å². The first-order valence-corrected chi connectivity index (χ1v) is 17.0. The Balaban J connectivity index is 1.54. The second-order valence-corrected chi connectivity index (χ2v) is 13.5. The van der Waals surface area contributed by atoms with Gasteiger partial charge >= 0.3 is 12.6 Å². The van der Waals surface area contributed by atoms with Gasteiger partial charge < -0.3 is 18.9 Å². The predicted octanol–water partition coefficient (Wildman–Crippen LogP) is 6.56. The van der Waals surface area contributed by atoms with Gasteiger partial charge in [0.25, 0.3) is 0 Å². The summed E-state index contributed by atoms with van der Waals surface area (Å²) in [4.78, 5) is 29.9. The first kappa shape index (κ1) is 34.5. The van der Waals surface area contributed by atoms with Gasteiger partial charge in [0.15, 0.2) is 11.5 Å². The number of carbonyl (C=O) groups excluding carboxylic acids is 2. The van der Waals surface area contributed by atoms with E-state index in [1.807, 2.05) is 0 Å². The molecule has 1 fully saturated rings. The van der Waals surface area contributed by atoms with Gasteiger partial charge in [-0.1, -0.05) is 41.0 Å². The Bertz CT molecular complexity index is 1640. The van der Waals surface area contributed by atoms with Crippen LogP contribution in [0, 0.1) is 5.92 Å². The van der Waals surface area contributed by atoms with Crippen molar-refractivity contribution in [2.75, 3.05) is 30.4 Å². The Labute approximate surface area is 272 Å². The number of hydrogen-bond donors (Lipinski definition) is 1. The molecule has 2 aromatic carbocycles. The fraction of sp³-hybridized carbons (Fsp3) is 0.345. The Morgan fingerprint density at radius 1 is 1.07 bits per heavy atom. The first-order valence-electron chi connectivity index (χ1n) is 13.3. The number of nitrogens with one attached hydrogen (secondary N) is 1. The van der Waals surface area contributed by atoms with Crippen LogP contribution in [0.5, 0.6) is 17.2 Å². The van der Waals surface area contributed by atoms with Crippen molar-refractivity contribution in [1.82, 2.24) is 4.98 Å². The average Bonchev–Trinajstić information content (AvgIpc) is 3.80. The van der Waals surface area contributed by atoms with Gasteiger partial charge in [-0.05, 0) is 60.2 Å². The number of alkyl halides is 2. The molecule has 0 radical (unpaired) electrons. The van der Waals surface area contributed by atoms with E-state index in [9.17, 15) is 26.8 Å². The number of ether oxygens (including phenoxy) is 4. The molecule has 0 aliphatic heterocycles. The third-order valence-corrected chi connectivity index (χ3v) is 8.51. The maximum Gasteiger partial charge on any atom is 0.387 e. The molecule has 0 bridgehead atoms. The molecule has 45 heavy (non-hydrogen) atoms. The highest BCUT2D eigenvalue weighted by atomic mass is 35.5. The van der Waals surface area contributed by atoms with Crippen molar-refractivity contribution in [2.45, 2.75) is 32.0 Å². The number of sulfonamides is 1. The van der Waals surface area contributed by atoms with Crippen LogP contribution < -0.4 is 18.9 Å². The molecule has 1 aromatic heterocycles. The van der Waals surface area contributed by atoms with E-state index < -0.39 is 39.6 Å². The first-order chi connectivity index (χ1) is 21.3. The highest BCUT2D eigenvalue weighted by Gasteiger charge is 2.26. The summed E-state index contributed by atoms with van der Waals surface area (Å²) < 4.78 is 73.2. The number of benzene rings is 2. The molecule has 1 N–H and O–H groups in total. The summed E-state index contributed by atoms with van der Waals surface area (Å²) in [6.07, 6.45) is 4.60. The van der Waals surface area contributed by atoms with Crippen LogP contribution >= 0.6 is 35.0 Å². The Hall–Kier alpha value is -3.33. The molecule has 16 heteroatoms. The molecular weight excluding hydrogens is 677 g/mol. The molecule has 0 spiro atoms. The van der Waals surface area contributed by atoms with Gasteiger partial charge in [0, 0.05) is 24.4 Å². The molecule has 242 valence electrons. The van der Waals surface area contributed by atoms with E-state index in [2.05, 4.69) is 14.4 Å². The number of thioether (sulfide) groups is 1. The van der Waals surface area contributed by atoms with Gasteiger partial charge in [-0.25, -0.2) is 8.42 Å². The predicted molar refractivity (Wildman–Crippen MR) is 166 cm³/mol. The molecular formula is C29H28Cl2F2N2O8S2. The molecule has 0 saturated heterocycles. The second kappa shape index (κ2) is 15.3. The van der Waals surface area contributed by atoms with Crippen LogP contribution in [-0.2, 0) is 26.0 Å². The molecule has 0 unspecified atom stereocenters. The summed E-state index contributed by atoms with van der Waals surface area (Å²) in [6.45, 7) is -2.78. The number of nitrogens with zero attached hydrogens (tertiary/aromatic N) is 1. The van der Waals surface area contributed by atoms with Gasteiger partial charge in [-0.3, -0.25) is 19.3 Å². The number of carbonyl (C=O) groups is 2. The van der Waals surface area contributed by atoms with E-state index >= 15 is 0 Å². The van der Waals surface area contributed by atoms with Gasteiger partial charge in [0.05, 0.1) is 41.5 Å². The molecule has 4 rings (SSSR count). The van der Waals surface area contributed by atoms with E-state index in [-0.39, 0.29) is 45.0 Å². The lowest BCUT2D eigenvalue weighted by atomic mass is 10.0. The molecule has 3 aromatic rings. The highest BCUT2D eigenvalue weighted by Crippen LogP contribution is 2.38. The Morgan fingerprint density at radius 2 is 1.76 bits per heavy atom. The molecule has 1 saturated carbocycles. The molecule has 1 aliphatic rings. The zero-order chi connectivity index (χ0) is 32.7. The highest BCUT2D eigenvalue weighted by molar-refractivity contribution is 8.14. The van der Waals surface area contributed by atoms with Crippen LogP contribution in [0.15, 0.2) is 48.8 Å². The normalized spacial score (nSPS) is 13.7. The van der Waals surface area contributed by atoms with Crippen molar-refractivity contribution < 1.29 is 45.7 Å². The number of methoxy groups -OCH3 is 1. The van der Waals surface area contributed by atoms with Crippen molar-refractivity contribution in [3.63, 3.8) is 0 Å². The number of halogens is 4. The van der Waals surface area contributed by atoms with Crippen molar-refractivity contribution in [2.24, 2.45) is 5.92 Å². The van der Waals surface area contributed by atoms with E-state index in [1.54, 1.807) is 0 Å². The van der Waals surface area contributed by atoms with E-state index in [4.69, 9.17) is 37.4 Å². The second-order valence-electron chi connectivity index (χ2n) is 9.97. The van der Waals surface area contributed by atoms with E-state index in [0.29, 0.717) is 35.4 Å². The van der Waals surface area contributed by atoms with E-state index in [1.165, 1.54) is 55.9 Å². The zero-order valence-corrected chi connectivity index (χ0v) is 27.1. The van der Waals surface area contributed by atoms with Gasteiger partial charge in [-0.2, -0.15) is 8.78 Å². The number of hydrogen-bond acceptors (Lipinski definition) is 10. The number of aromatic nitrogens is 1. The largest absolute Gasteiger partial charge is 0.495 e. The van der Waals surface area contributed by atoms with Crippen LogP contribution in [0.25, 0.3) is 0 Å². The fourth-order valence-corrected chi connectivity index (χ4v) is 5.77. The van der Waals surface area contributed by atoms with Crippen LogP contribution in [0.4, 0.5) is 14.5 Å². The number of pyridine rings is 1. The third-order valence-electron chi connectivity index (χ3n) is 6.39. The molecule has 0 amide bonds. The lowest BCUT2D eigenvalue weighted by Crippen LogP contribution is -2.17. The SMILES string of the molecule is COc1ccc(C(=O)SCC(=O)O[C@@H](Cc2c(Cl)cncc2Cl)c2ccc(OC(F)F)c(OCC3CC3)c2)cc1NS(C)(=O)=O. The van der Waals surface area contributed by atoms with Gasteiger partial charge in [0.2, 0.25) is 15.1 Å². The van der Waals surface area contributed by atoms with Crippen LogP contribution in [0.3, 0.4) is 0 Å². The number of esters is 1. The zero-order valence-electron chi connectivity index (χ0n) is 23.9. The quantitative estimate of drug-likeness (QED) is 0.174. The maximum atomic E-state index is 13.1. The standard InChI is InChI=1S/C29H28Cl2F2N2O8S2/c1-40-23-7-6-18(9-22(23)35-45(2,38)39)28(37)44-15-27(36)42-25(11-19-20(30)12-34-13-21(19)31)17-5-8-24(43-29(32)33)26(10-17)41-14-16-3-4-16/h5-10,12-13,16,25,29,35H,3-4,11,14-15H2,1-2H3/t25-/m0/s1. The third kappa shape index (κ3) is 10.3. The summed E-state index contributed by atoms with van der Waals surface area (Å²) in [5, 5.41) is -0.102. The summed E-state index contributed by atoms with van der Waals surface area (Å²) >= 11 is 13.3. The topological polar surface area (TPSA) is 130 Å². The molecule has 1 aliphatic carbocycles. The van der Waals surface area contributed by atoms with Crippen LogP contribution in [-0.4, -0.2) is 56.8 Å². The summed E-state index contributed by atoms with van der Waals surface area (Å²) in [5.74, 6) is -0.806. The lowest BCUT2D eigenvalue weighted by Gasteiger charge is -2.21. The summed E-state index contributed by atoms with van der Waals surface area (Å²) in [5.41, 5.74) is 0.966. The summed E-state index contributed by atoms with van der Waals surface area (Å²) in [6, 6.07) is 8.34. The number of anilines is 1. The van der Waals surface area contributed by atoms with Gasteiger partial charge in [0.1, 0.15) is 11.9 Å². The van der Waals surface area contributed by atoms with Gasteiger partial charge in [-0.15, -0.1) is 0 Å². The van der Waals surface area contributed by atoms with Crippen LogP contribution in [0.1, 0.15) is 40.4 Å². The van der Waals surface area contributed by atoms with E-state index in [0.717, 1.165) is 19.1 Å². The smallest absolute Gasteiger partial charge is 0.387 e. The van der Waals surface area contributed by atoms with Crippen molar-refractivity contribution in [3.8, 4) is 17.2 Å². The Morgan fingerprint density at radius 3 is 2.38 bits per heavy atom. The van der Waals surface area contributed by atoms with Crippen LogP contribution in [0.2, 0.25) is 10.0 Å². The van der Waals surface area contributed by atoms with Crippen molar-refractivity contribution in [3.05, 3.63) is 75.5 Å². The summed E-state index contributed by atoms with van der Waals surface area (Å²) in [7, 11) is -2.32. The maximum absolute atomic E-state index is 13.1. The molecule has 1 atom stereocenters. The fourth-order valence-electron chi connectivity index (χ4n) is 4.08. The molecule has 1 heterocycles. The van der Waals surface area contributed by atoms with Crippen molar-refractivity contribution in [1.29, 1.82) is 0 Å². The molecule has 10 nitrogen and oxygen atoms in total.